The average molecular weight is 1170 g/mol. The SMILES string of the molecule is CCc1nccn1Cc1ccc(C[C@H]2OC(=O)[C@H](CC(C)C)N(C)C(=O)[C@@H](C)OC(=O)[C@H](CC(C)C)N(C)C(=O)[C@@H](Cc3ccc(Cn4ccnc4CC)cc3)OC(=O)[C@H](CC(C)C)N(C)C(=O)[C@@H](C)OC(=O)[C@H](CC(C)C)N(C)C2=O)cc1. The summed E-state index contributed by atoms with van der Waals surface area (Å²) >= 11 is 0. The van der Waals surface area contributed by atoms with Crippen molar-refractivity contribution in [3.8, 4) is 0 Å². The van der Waals surface area contributed by atoms with E-state index in [0.717, 1.165) is 45.4 Å². The third kappa shape index (κ3) is 18.3. The molecular formula is C64H92N8O12. The van der Waals surface area contributed by atoms with Gasteiger partial charge in [0.05, 0.1) is 0 Å². The Morgan fingerprint density at radius 2 is 0.667 bits per heavy atom. The summed E-state index contributed by atoms with van der Waals surface area (Å²) in [5.41, 5.74) is 3.17. The molecule has 0 N–H and O–H groups in total. The van der Waals surface area contributed by atoms with E-state index in [4.69, 9.17) is 18.9 Å². The van der Waals surface area contributed by atoms with Crippen molar-refractivity contribution in [1.29, 1.82) is 0 Å². The first kappa shape index (κ1) is 67.4. The lowest BCUT2D eigenvalue weighted by molar-refractivity contribution is -0.176. The first-order valence-electron chi connectivity index (χ1n) is 29.7. The fourth-order valence-corrected chi connectivity index (χ4v) is 10.5. The highest BCUT2D eigenvalue weighted by molar-refractivity contribution is 5.94. The Kier molecular flexibility index (Phi) is 24.8. The third-order valence-electron chi connectivity index (χ3n) is 15.3. The fraction of sp³-hybridized carbons (Fsp3) is 0.594. The van der Waals surface area contributed by atoms with Crippen molar-refractivity contribution < 1.29 is 57.3 Å². The highest BCUT2D eigenvalue weighted by Crippen LogP contribution is 2.25. The number of likely N-dealkylation sites (N-methyl/N-ethyl adjacent to an activating group) is 4. The zero-order valence-electron chi connectivity index (χ0n) is 52.4. The molecule has 1 fully saturated rings. The molecule has 20 heteroatoms. The summed E-state index contributed by atoms with van der Waals surface area (Å²) in [6.07, 6.45) is 2.85. The molecule has 4 amide bonds. The van der Waals surface area contributed by atoms with Gasteiger partial charge in [0.15, 0.2) is 24.4 Å². The molecule has 0 saturated carbocycles. The number of imidazole rings is 2. The molecule has 20 nitrogen and oxygen atoms in total. The normalized spacial score (nSPS) is 22.7. The van der Waals surface area contributed by atoms with Gasteiger partial charge in [-0.15, -0.1) is 0 Å². The predicted octanol–water partition coefficient (Wildman–Crippen LogP) is 7.28. The summed E-state index contributed by atoms with van der Waals surface area (Å²) in [4.78, 5) is 131. The number of benzene rings is 2. The number of aromatic nitrogens is 4. The quantitative estimate of drug-likeness (QED) is 0.0706. The Labute approximate surface area is 496 Å². The van der Waals surface area contributed by atoms with Gasteiger partial charge in [-0.2, -0.15) is 0 Å². The molecule has 5 rings (SSSR count). The maximum absolute atomic E-state index is 15.1. The zero-order chi connectivity index (χ0) is 62.3. The van der Waals surface area contributed by atoms with Crippen LogP contribution in [0.3, 0.4) is 0 Å². The van der Waals surface area contributed by atoms with Crippen LogP contribution in [0.15, 0.2) is 73.3 Å². The molecule has 2 aromatic carbocycles. The number of carbonyl (C=O) groups excluding carboxylic acids is 8. The number of esters is 4. The van der Waals surface area contributed by atoms with Crippen LogP contribution in [0.1, 0.15) is 143 Å². The minimum Gasteiger partial charge on any atom is -0.451 e. The average Bonchev–Trinajstić information content (AvgIpc) is 4.24. The molecule has 0 radical (unpaired) electrons. The summed E-state index contributed by atoms with van der Waals surface area (Å²) < 4.78 is 28.4. The van der Waals surface area contributed by atoms with Gasteiger partial charge in [-0.25, -0.2) is 29.1 Å². The molecule has 3 heterocycles. The summed E-state index contributed by atoms with van der Waals surface area (Å²) in [6.45, 7) is 22.8. The standard InChI is InChI=1S/C64H92N8O12/c1-17-55-65-27-29-71(55)37-47-23-19-45(20-24-47)35-53-59(75)69(15)49(31-39(3)4)61(77)81-44(12)58(74)68(14)52(34-42(9)10)64(80)84-54(36-46-21-25-48(26-22-46)38-72-30-28-66-56(72)18-2)60(76)70(16)50(32-40(5)6)62(78)82-43(11)57(73)67(13)51(33-41(7)8)63(79)83-53/h19-30,39-44,49-54H,17-18,31-38H2,1-16H3/t43-,44-,49+,50+,51+,52+,53-,54-/m1/s1. The van der Waals surface area contributed by atoms with E-state index in [0.29, 0.717) is 24.2 Å². The second kappa shape index (κ2) is 31.0. The smallest absolute Gasteiger partial charge is 0.329 e. The highest BCUT2D eigenvalue weighted by atomic mass is 16.6. The lowest BCUT2D eigenvalue weighted by Crippen LogP contribution is -2.55. The number of amides is 4. The lowest BCUT2D eigenvalue weighted by atomic mass is 9.99. The van der Waals surface area contributed by atoms with Gasteiger partial charge in [0.25, 0.3) is 23.6 Å². The van der Waals surface area contributed by atoms with Crippen molar-refractivity contribution >= 4 is 47.5 Å². The molecule has 1 aliphatic heterocycles. The summed E-state index contributed by atoms with van der Waals surface area (Å²) in [5, 5.41) is 0. The van der Waals surface area contributed by atoms with Crippen molar-refractivity contribution in [3.63, 3.8) is 0 Å². The molecule has 0 spiro atoms. The Bertz CT molecular complexity index is 2650. The minimum absolute atomic E-state index is 0.0856. The number of nitrogens with zero attached hydrogens (tertiary/aromatic N) is 8. The van der Waals surface area contributed by atoms with E-state index >= 15 is 9.59 Å². The zero-order valence-corrected chi connectivity index (χ0v) is 52.4. The van der Waals surface area contributed by atoms with E-state index in [-0.39, 0.29) is 62.2 Å². The van der Waals surface area contributed by atoms with Crippen LogP contribution < -0.4 is 0 Å². The van der Waals surface area contributed by atoms with E-state index in [9.17, 15) is 28.8 Å². The summed E-state index contributed by atoms with van der Waals surface area (Å²) in [5.74, 6) is -5.54. The van der Waals surface area contributed by atoms with Crippen LogP contribution in [0.25, 0.3) is 0 Å². The number of carbonyl (C=O) groups is 8. The number of ether oxygens (including phenoxy) is 4. The van der Waals surface area contributed by atoms with E-state index in [1.165, 1.54) is 51.8 Å². The predicted molar refractivity (Wildman–Crippen MR) is 317 cm³/mol. The summed E-state index contributed by atoms with van der Waals surface area (Å²) in [7, 11) is 5.60. The molecule has 2 aromatic heterocycles. The molecule has 0 bridgehead atoms. The summed E-state index contributed by atoms with van der Waals surface area (Å²) in [6, 6.07) is 9.82. The molecule has 8 atom stereocenters. The maximum atomic E-state index is 15.1. The molecule has 4 aromatic rings. The van der Waals surface area contributed by atoms with Gasteiger partial charge < -0.3 is 47.7 Å². The van der Waals surface area contributed by atoms with Crippen molar-refractivity contribution in [2.45, 2.75) is 196 Å². The fourth-order valence-electron chi connectivity index (χ4n) is 10.5. The number of aryl methyl sites for hydroxylation is 2. The number of cyclic esters (lactones) is 4. The van der Waals surface area contributed by atoms with E-state index < -0.39 is 96.1 Å². The van der Waals surface area contributed by atoms with Crippen molar-refractivity contribution in [2.24, 2.45) is 23.7 Å². The molecule has 460 valence electrons. The van der Waals surface area contributed by atoms with E-state index in [2.05, 4.69) is 9.97 Å². The van der Waals surface area contributed by atoms with Crippen LogP contribution in [0.5, 0.6) is 0 Å². The van der Waals surface area contributed by atoms with Gasteiger partial charge in [-0.05, 0) is 85.5 Å². The second-order valence-electron chi connectivity index (χ2n) is 24.1. The molecule has 1 saturated heterocycles. The van der Waals surface area contributed by atoms with E-state index in [1.807, 2.05) is 139 Å². The number of hydrogen-bond donors (Lipinski definition) is 0. The van der Waals surface area contributed by atoms with Gasteiger partial charge >= 0.3 is 23.9 Å². The first-order chi connectivity index (χ1) is 39.6. The molecule has 84 heavy (non-hydrogen) atoms. The highest BCUT2D eigenvalue weighted by Gasteiger charge is 2.43. The Hall–Kier alpha value is -7.38. The van der Waals surface area contributed by atoms with Crippen molar-refractivity contribution in [1.82, 2.24) is 38.7 Å². The minimum atomic E-state index is -1.53. The van der Waals surface area contributed by atoms with Crippen LogP contribution in [-0.2, 0) is 96.1 Å². The first-order valence-corrected chi connectivity index (χ1v) is 29.7. The molecule has 0 unspecified atom stereocenters. The molecule has 1 aliphatic rings. The van der Waals surface area contributed by atoms with E-state index in [1.54, 1.807) is 12.4 Å². The van der Waals surface area contributed by atoms with Crippen LogP contribution >= 0.6 is 0 Å². The third-order valence-corrected chi connectivity index (χ3v) is 15.3. The number of rotatable bonds is 18. The molecular weight excluding hydrogens is 1070 g/mol. The second-order valence-corrected chi connectivity index (χ2v) is 24.1. The van der Waals surface area contributed by atoms with Crippen LogP contribution in [-0.4, -0.2) is 163 Å². The van der Waals surface area contributed by atoms with Gasteiger partial charge in [0.1, 0.15) is 35.8 Å². The number of hydrogen-bond acceptors (Lipinski definition) is 14. The topological polar surface area (TPSA) is 222 Å². The maximum Gasteiger partial charge on any atom is 0.329 e. The van der Waals surface area contributed by atoms with Crippen LogP contribution in [0.2, 0.25) is 0 Å². The Morgan fingerprint density at radius 3 is 0.940 bits per heavy atom. The van der Waals surface area contributed by atoms with Gasteiger partial charge in [0, 0.05) is 91.8 Å². The van der Waals surface area contributed by atoms with Crippen molar-refractivity contribution in [2.75, 3.05) is 28.2 Å². The van der Waals surface area contributed by atoms with Crippen molar-refractivity contribution in [3.05, 3.63) is 107 Å². The monoisotopic (exact) mass is 1160 g/mol. The van der Waals surface area contributed by atoms with Gasteiger partial charge in [0.2, 0.25) is 0 Å². The molecule has 0 aliphatic carbocycles. The Balaban J connectivity index is 1.59. The van der Waals surface area contributed by atoms with Gasteiger partial charge in [-0.1, -0.05) is 118 Å². The Morgan fingerprint density at radius 1 is 0.405 bits per heavy atom. The lowest BCUT2D eigenvalue weighted by Gasteiger charge is -2.35. The largest absolute Gasteiger partial charge is 0.451 e. The van der Waals surface area contributed by atoms with Crippen LogP contribution in [0.4, 0.5) is 0 Å². The van der Waals surface area contributed by atoms with Crippen LogP contribution in [0, 0.1) is 23.7 Å². The van der Waals surface area contributed by atoms with Gasteiger partial charge in [-0.3, -0.25) is 19.2 Å².